The Morgan fingerprint density at radius 3 is 1.77 bits per heavy atom. The summed E-state index contributed by atoms with van der Waals surface area (Å²) in [6.07, 6.45) is -4.07. The predicted octanol–water partition coefficient (Wildman–Crippen LogP) is 4.38. The highest BCUT2D eigenvalue weighted by Gasteiger charge is 2.41. The minimum absolute atomic E-state index is 0.0954. The Kier molecular flexibility index (Phi) is 8.58. The largest absolute Gasteiger partial charge is 0.478 e. The second-order valence-electron chi connectivity index (χ2n) is 7.70. The Morgan fingerprint density at radius 2 is 1.29 bits per heavy atom. The standard InChI is InChI=1S/C26H22INO7/c1-15-7-5-9-17(13-15)25(32)34-21(23(29)28-20-12-4-3-11-19(20)27)22(24(30)31)35-26(33)18-10-6-8-16(2)14-18/h3-14,21-22H,1-2H3,(H,28,29)(H,30,31)/t21-,22+/m1/s1. The van der Waals surface area contributed by atoms with Crippen LogP contribution in [0.15, 0.2) is 72.8 Å². The molecule has 3 aromatic carbocycles. The summed E-state index contributed by atoms with van der Waals surface area (Å²) in [5, 5.41) is 12.4. The fraction of sp³-hybridized carbons (Fsp3) is 0.154. The summed E-state index contributed by atoms with van der Waals surface area (Å²) in [6.45, 7) is 3.52. The van der Waals surface area contributed by atoms with Gasteiger partial charge in [-0.1, -0.05) is 47.5 Å². The lowest BCUT2D eigenvalue weighted by molar-refractivity contribution is -0.157. The maximum absolute atomic E-state index is 13.2. The lowest BCUT2D eigenvalue weighted by Crippen LogP contribution is -2.48. The zero-order chi connectivity index (χ0) is 25.5. The van der Waals surface area contributed by atoms with Crippen LogP contribution in [0.4, 0.5) is 5.69 Å². The van der Waals surface area contributed by atoms with Gasteiger partial charge in [0.15, 0.2) is 0 Å². The number of carbonyl (C=O) groups is 4. The van der Waals surface area contributed by atoms with Crippen LogP contribution in [-0.4, -0.2) is 41.1 Å². The number of para-hydroxylation sites is 1. The molecule has 0 radical (unpaired) electrons. The highest BCUT2D eigenvalue weighted by Crippen LogP contribution is 2.20. The molecule has 0 spiro atoms. The van der Waals surface area contributed by atoms with Gasteiger partial charge in [0.25, 0.3) is 5.91 Å². The Morgan fingerprint density at radius 1 is 0.771 bits per heavy atom. The van der Waals surface area contributed by atoms with Gasteiger partial charge in [0, 0.05) is 3.57 Å². The molecule has 0 aliphatic rings. The van der Waals surface area contributed by atoms with E-state index in [1.807, 2.05) is 22.6 Å². The van der Waals surface area contributed by atoms with Gasteiger partial charge in [0.05, 0.1) is 16.8 Å². The average Bonchev–Trinajstić information content (AvgIpc) is 2.82. The number of aryl methyl sites for hydroxylation is 2. The monoisotopic (exact) mass is 587 g/mol. The number of rotatable bonds is 8. The molecule has 2 atom stereocenters. The van der Waals surface area contributed by atoms with Gasteiger partial charge in [-0.25, -0.2) is 14.4 Å². The van der Waals surface area contributed by atoms with E-state index < -0.39 is 36.0 Å². The molecule has 180 valence electrons. The molecule has 2 N–H and O–H groups in total. The molecule has 9 heteroatoms. The summed E-state index contributed by atoms with van der Waals surface area (Å²) in [6, 6.07) is 19.5. The zero-order valence-electron chi connectivity index (χ0n) is 18.9. The van der Waals surface area contributed by atoms with E-state index in [1.165, 1.54) is 24.3 Å². The lowest BCUT2D eigenvalue weighted by Gasteiger charge is -2.24. The van der Waals surface area contributed by atoms with Crippen molar-refractivity contribution in [1.29, 1.82) is 0 Å². The van der Waals surface area contributed by atoms with E-state index in [2.05, 4.69) is 5.32 Å². The van der Waals surface area contributed by atoms with Crippen molar-refractivity contribution in [2.75, 3.05) is 5.32 Å². The number of halogens is 1. The number of carboxylic acids is 1. The lowest BCUT2D eigenvalue weighted by atomic mass is 10.1. The first-order valence-electron chi connectivity index (χ1n) is 10.5. The molecule has 0 aliphatic carbocycles. The van der Waals surface area contributed by atoms with Gasteiger partial charge in [-0.05, 0) is 72.8 Å². The number of aliphatic carboxylic acids is 1. The number of nitrogens with one attached hydrogen (secondary N) is 1. The maximum atomic E-state index is 13.2. The Bertz CT molecular complexity index is 1270. The zero-order valence-corrected chi connectivity index (χ0v) is 21.0. The summed E-state index contributed by atoms with van der Waals surface area (Å²) < 4.78 is 11.2. The van der Waals surface area contributed by atoms with E-state index in [0.717, 1.165) is 11.1 Å². The van der Waals surface area contributed by atoms with Gasteiger partial charge >= 0.3 is 17.9 Å². The molecule has 0 unspecified atom stereocenters. The summed E-state index contributed by atoms with van der Waals surface area (Å²) in [7, 11) is 0. The Balaban J connectivity index is 1.93. The van der Waals surface area contributed by atoms with Gasteiger partial charge in [-0.15, -0.1) is 0 Å². The number of esters is 2. The first kappa shape index (κ1) is 25.9. The van der Waals surface area contributed by atoms with Crippen LogP contribution in [0, 0.1) is 17.4 Å². The topological polar surface area (TPSA) is 119 Å². The third kappa shape index (κ3) is 6.89. The van der Waals surface area contributed by atoms with Crippen molar-refractivity contribution in [3.8, 4) is 0 Å². The van der Waals surface area contributed by atoms with Gasteiger partial charge < -0.3 is 19.9 Å². The highest BCUT2D eigenvalue weighted by molar-refractivity contribution is 14.1. The first-order valence-corrected chi connectivity index (χ1v) is 11.6. The van der Waals surface area contributed by atoms with E-state index in [4.69, 9.17) is 9.47 Å². The van der Waals surface area contributed by atoms with Crippen molar-refractivity contribution in [3.05, 3.63) is 98.6 Å². The van der Waals surface area contributed by atoms with Crippen LogP contribution >= 0.6 is 22.6 Å². The third-order valence-electron chi connectivity index (χ3n) is 4.88. The fourth-order valence-corrected chi connectivity index (χ4v) is 3.69. The summed E-state index contributed by atoms with van der Waals surface area (Å²) in [4.78, 5) is 50.8. The number of anilines is 1. The van der Waals surface area contributed by atoms with Crippen LogP contribution in [0.5, 0.6) is 0 Å². The second kappa shape index (κ2) is 11.6. The number of carbonyl (C=O) groups excluding carboxylic acids is 3. The van der Waals surface area contributed by atoms with Crippen LogP contribution in [0.25, 0.3) is 0 Å². The molecule has 0 aromatic heterocycles. The van der Waals surface area contributed by atoms with Crippen molar-refractivity contribution in [2.45, 2.75) is 26.1 Å². The van der Waals surface area contributed by atoms with E-state index >= 15 is 0 Å². The number of hydrogen-bond acceptors (Lipinski definition) is 6. The second-order valence-corrected chi connectivity index (χ2v) is 8.86. The molecule has 3 rings (SSSR count). The first-order chi connectivity index (χ1) is 16.7. The van der Waals surface area contributed by atoms with Gasteiger partial charge in [0.2, 0.25) is 12.2 Å². The molecule has 0 heterocycles. The van der Waals surface area contributed by atoms with Crippen LogP contribution in [0.3, 0.4) is 0 Å². The SMILES string of the molecule is Cc1cccc(C(=O)O[C@H](C(=O)O)[C@@H](OC(=O)c2cccc(C)c2)C(=O)Nc2ccccc2I)c1. The molecule has 8 nitrogen and oxygen atoms in total. The fourth-order valence-electron chi connectivity index (χ4n) is 3.17. The molecule has 0 fully saturated rings. The summed E-state index contributed by atoms with van der Waals surface area (Å²) in [5.74, 6) is -4.51. The summed E-state index contributed by atoms with van der Waals surface area (Å²) in [5.41, 5.74) is 2.11. The minimum Gasteiger partial charge on any atom is -0.478 e. The van der Waals surface area contributed by atoms with Crippen molar-refractivity contribution < 1.29 is 33.8 Å². The molecule has 1 amide bonds. The van der Waals surface area contributed by atoms with Crippen LogP contribution in [0.2, 0.25) is 0 Å². The van der Waals surface area contributed by atoms with E-state index in [0.29, 0.717) is 9.26 Å². The molecular weight excluding hydrogens is 565 g/mol. The van der Waals surface area contributed by atoms with Crippen LogP contribution in [-0.2, 0) is 19.1 Å². The smallest absolute Gasteiger partial charge is 0.349 e. The molecule has 3 aromatic rings. The Hall–Kier alpha value is -3.73. The van der Waals surface area contributed by atoms with Crippen molar-refractivity contribution in [1.82, 2.24) is 0 Å². The predicted molar refractivity (Wildman–Crippen MR) is 136 cm³/mol. The molecule has 0 bridgehead atoms. The number of carboxylic acid groups (broad SMARTS) is 1. The molecule has 0 saturated carbocycles. The average molecular weight is 587 g/mol. The number of benzene rings is 3. The van der Waals surface area contributed by atoms with Gasteiger partial charge in [0.1, 0.15) is 0 Å². The van der Waals surface area contributed by atoms with Crippen molar-refractivity contribution in [2.24, 2.45) is 0 Å². The third-order valence-corrected chi connectivity index (χ3v) is 5.82. The highest BCUT2D eigenvalue weighted by atomic mass is 127. The van der Waals surface area contributed by atoms with E-state index in [1.54, 1.807) is 62.4 Å². The number of amides is 1. The van der Waals surface area contributed by atoms with Crippen molar-refractivity contribution >= 4 is 52.1 Å². The molecule has 35 heavy (non-hydrogen) atoms. The quantitative estimate of drug-likeness (QED) is 0.297. The summed E-state index contributed by atoms with van der Waals surface area (Å²) >= 11 is 1.99. The normalized spacial score (nSPS) is 12.2. The van der Waals surface area contributed by atoms with Crippen LogP contribution < -0.4 is 5.32 Å². The van der Waals surface area contributed by atoms with Crippen LogP contribution in [0.1, 0.15) is 31.8 Å². The number of ether oxygens (including phenoxy) is 2. The van der Waals surface area contributed by atoms with E-state index in [-0.39, 0.29) is 11.1 Å². The van der Waals surface area contributed by atoms with Gasteiger partial charge in [-0.2, -0.15) is 0 Å². The Labute approximate surface area is 215 Å². The molecular formula is C26H22INO7. The van der Waals surface area contributed by atoms with Gasteiger partial charge in [-0.3, -0.25) is 4.79 Å². The minimum atomic E-state index is -2.10. The van der Waals surface area contributed by atoms with Crippen molar-refractivity contribution in [3.63, 3.8) is 0 Å². The maximum Gasteiger partial charge on any atom is 0.349 e. The van der Waals surface area contributed by atoms with E-state index in [9.17, 15) is 24.3 Å². The molecule has 0 saturated heterocycles. The number of hydrogen-bond donors (Lipinski definition) is 2. The molecule has 0 aliphatic heterocycles.